The second-order valence-corrected chi connectivity index (χ2v) is 7.85. The Morgan fingerprint density at radius 3 is 2.08 bits per heavy atom. The van der Waals surface area contributed by atoms with E-state index in [1.54, 1.807) is 12.1 Å². The summed E-state index contributed by atoms with van der Waals surface area (Å²) in [5, 5.41) is 0. The standard InChI is InChI=1S/C21H29F3O/c1-2-3-15-4-6-16(7-5-15)18-10-13-20(25-14-18)17-8-11-19(12-9-17)21(22,23)24/h8-9,11-12,15-16,18,20H,2-7,10,13-14H2,1H3/t15?,16?,18-,20+/m1/s1. The number of ether oxygens (including phenoxy) is 1. The molecule has 1 aliphatic carbocycles. The summed E-state index contributed by atoms with van der Waals surface area (Å²) in [5.74, 6) is 2.33. The number of hydrogen-bond acceptors (Lipinski definition) is 1. The topological polar surface area (TPSA) is 9.23 Å². The average molecular weight is 354 g/mol. The predicted octanol–water partition coefficient (Wildman–Crippen LogP) is 6.78. The van der Waals surface area contributed by atoms with Crippen LogP contribution in [0.3, 0.4) is 0 Å². The molecule has 0 N–H and O–H groups in total. The lowest BCUT2D eigenvalue weighted by Gasteiger charge is -2.38. The number of hydrogen-bond donors (Lipinski definition) is 0. The van der Waals surface area contributed by atoms with Gasteiger partial charge in [-0.1, -0.05) is 44.7 Å². The summed E-state index contributed by atoms with van der Waals surface area (Å²) in [5.41, 5.74) is 0.284. The molecule has 1 aliphatic heterocycles. The first-order chi connectivity index (χ1) is 12.0. The largest absolute Gasteiger partial charge is 0.416 e. The molecule has 0 amide bonds. The third-order valence-corrected chi connectivity index (χ3v) is 6.18. The molecule has 2 aliphatic rings. The van der Waals surface area contributed by atoms with Gasteiger partial charge in [0.05, 0.1) is 18.3 Å². The molecule has 1 aromatic carbocycles. The second-order valence-electron chi connectivity index (χ2n) is 7.85. The van der Waals surface area contributed by atoms with Gasteiger partial charge in [-0.3, -0.25) is 0 Å². The van der Waals surface area contributed by atoms with E-state index in [4.69, 9.17) is 4.74 Å². The van der Waals surface area contributed by atoms with Crippen molar-refractivity contribution >= 4 is 0 Å². The Balaban J connectivity index is 1.49. The van der Waals surface area contributed by atoms with E-state index in [1.807, 2.05) is 0 Å². The zero-order chi connectivity index (χ0) is 17.9. The zero-order valence-electron chi connectivity index (χ0n) is 15.0. The molecule has 0 radical (unpaired) electrons. The average Bonchev–Trinajstić information content (AvgIpc) is 2.62. The molecule has 3 rings (SSSR count). The van der Waals surface area contributed by atoms with Crippen LogP contribution in [0.4, 0.5) is 13.2 Å². The zero-order valence-corrected chi connectivity index (χ0v) is 15.0. The van der Waals surface area contributed by atoms with Crippen molar-refractivity contribution in [1.82, 2.24) is 0 Å². The van der Waals surface area contributed by atoms with Crippen molar-refractivity contribution in [2.24, 2.45) is 17.8 Å². The molecular formula is C21H29F3O. The maximum Gasteiger partial charge on any atom is 0.416 e. The normalized spacial score (nSPS) is 31.0. The van der Waals surface area contributed by atoms with Crippen LogP contribution in [0, 0.1) is 17.8 Å². The van der Waals surface area contributed by atoms with Gasteiger partial charge in [0.1, 0.15) is 0 Å². The summed E-state index contributed by atoms with van der Waals surface area (Å²) in [4.78, 5) is 0. The van der Waals surface area contributed by atoms with Gasteiger partial charge < -0.3 is 4.74 Å². The van der Waals surface area contributed by atoms with Crippen molar-refractivity contribution in [3.05, 3.63) is 35.4 Å². The Bertz CT molecular complexity index is 521. The van der Waals surface area contributed by atoms with Crippen LogP contribution in [0.2, 0.25) is 0 Å². The first kappa shape index (κ1) is 18.8. The molecule has 1 nitrogen and oxygen atoms in total. The second kappa shape index (κ2) is 8.11. The maximum absolute atomic E-state index is 12.7. The van der Waals surface area contributed by atoms with Crippen LogP contribution in [0.1, 0.15) is 75.5 Å². The third-order valence-electron chi connectivity index (χ3n) is 6.18. The van der Waals surface area contributed by atoms with E-state index in [9.17, 15) is 13.2 Å². The highest BCUT2D eigenvalue weighted by Crippen LogP contribution is 2.41. The van der Waals surface area contributed by atoms with E-state index in [-0.39, 0.29) is 6.10 Å². The van der Waals surface area contributed by atoms with E-state index in [0.717, 1.165) is 36.8 Å². The van der Waals surface area contributed by atoms with Gasteiger partial charge in [-0.25, -0.2) is 0 Å². The SMILES string of the molecule is CCCC1CCC([C@@H]2CC[C@@H](c3ccc(C(F)(F)F)cc3)OC2)CC1. The minimum Gasteiger partial charge on any atom is -0.373 e. The molecule has 140 valence electrons. The molecule has 0 bridgehead atoms. The lowest BCUT2D eigenvalue weighted by molar-refractivity contribution is -0.137. The number of halogens is 3. The number of alkyl halides is 3. The van der Waals surface area contributed by atoms with E-state index < -0.39 is 11.7 Å². The molecule has 1 heterocycles. The lowest BCUT2D eigenvalue weighted by Crippen LogP contribution is -2.29. The van der Waals surface area contributed by atoms with E-state index in [2.05, 4.69) is 6.92 Å². The number of benzene rings is 1. The maximum atomic E-state index is 12.7. The summed E-state index contributed by atoms with van der Waals surface area (Å²) in [7, 11) is 0. The summed E-state index contributed by atoms with van der Waals surface area (Å²) in [6.45, 7) is 3.03. The molecule has 4 heteroatoms. The van der Waals surface area contributed by atoms with Crippen LogP contribution in [0.5, 0.6) is 0 Å². The molecule has 1 saturated carbocycles. The Kier molecular flexibility index (Phi) is 6.08. The van der Waals surface area contributed by atoms with Crippen LogP contribution in [-0.2, 0) is 10.9 Å². The first-order valence-corrected chi connectivity index (χ1v) is 9.76. The highest BCUT2D eigenvalue weighted by Gasteiger charge is 2.33. The quantitative estimate of drug-likeness (QED) is 0.579. The Hall–Kier alpha value is -1.03. The van der Waals surface area contributed by atoms with Crippen molar-refractivity contribution in [1.29, 1.82) is 0 Å². The van der Waals surface area contributed by atoms with Gasteiger partial charge in [0, 0.05) is 0 Å². The van der Waals surface area contributed by atoms with Crippen molar-refractivity contribution in [2.75, 3.05) is 6.61 Å². The van der Waals surface area contributed by atoms with Gasteiger partial charge in [-0.2, -0.15) is 13.2 Å². The Labute approximate surface area is 149 Å². The van der Waals surface area contributed by atoms with Gasteiger partial charge in [0.2, 0.25) is 0 Å². The lowest BCUT2D eigenvalue weighted by atomic mass is 9.73. The summed E-state index contributed by atoms with van der Waals surface area (Å²) in [6, 6.07) is 5.48. The van der Waals surface area contributed by atoms with Crippen LogP contribution >= 0.6 is 0 Å². The van der Waals surface area contributed by atoms with Gasteiger partial charge in [0.15, 0.2) is 0 Å². The highest BCUT2D eigenvalue weighted by atomic mass is 19.4. The van der Waals surface area contributed by atoms with Gasteiger partial charge in [-0.05, 0) is 61.1 Å². The fraction of sp³-hybridized carbons (Fsp3) is 0.714. The molecule has 0 unspecified atom stereocenters. The minimum atomic E-state index is -4.27. The highest BCUT2D eigenvalue weighted by molar-refractivity contribution is 5.26. The monoisotopic (exact) mass is 354 g/mol. The third kappa shape index (κ3) is 4.78. The Morgan fingerprint density at radius 1 is 0.920 bits per heavy atom. The smallest absolute Gasteiger partial charge is 0.373 e. The van der Waals surface area contributed by atoms with E-state index in [0.29, 0.717) is 5.92 Å². The molecule has 0 aromatic heterocycles. The molecule has 2 atom stereocenters. The summed E-state index contributed by atoms with van der Waals surface area (Å²) >= 11 is 0. The summed E-state index contributed by atoms with van der Waals surface area (Å²) in [6.07, 6.45) is 5.76. The van der Waals surface area contributed by atoms with Crippen LogP contribution in [0.25, 0.3) is 0 Å². The molecule has 1 saturated heterocycles. The van der Waals surface area contributed by atoms with Crippen LogP contribution < -0.4 is 0 Å². The minimum absolute atomic E-state index is 0.0463. The van der Waals surface area contributed by atoms with Gasteiger partial charge in [0.25, 0.3) is 0 Å². The van der Waals surface area contributed by atoms with Crippen molar-refractivity contribution in [2.45, 2.75) is 70.6 Å². The summed E-state index contributed by atoms with van der Waals surface area (Å²) < 4.78 is 44.0. The Morgan fingerprint density at radius 2 is 1.56 bits per heavy atom. The fourth-order valence-corrected chi connectivity index (χ4v) is 4.65. The van der Waals surface area contributed by atoms with E-state index in [1.165, 1.54) is 50.7 Å². The molecule has 1 aromatic rings. The van der Waals surface area contributed by atoms with Gasteiger partial charge >= 0.3 is 6.18 Å². The van der Waals surface area contributed by atoms with Crippen molar-refractivity contribution < 1.29 is 17.9 Å². The van der Waals surface area contributed by atoms with Crippen LogP contribution in [-0.4, -0.2) is 6.61 Å². The molecule has 25 heavy (non-hydrogen) atoms. The number of rotatable bonds is 4. The predicted molar refractivity (Wildman–Crippen MR) is 93.2 cm³/mol. The van der Waals surface area contributed by atoms with E-state index >= 15 is 0 Å². The molecule has 2 fully saturated rings. The fourth-order valence-electron chi connectivity index (χ4n) is 4.65. The van der Waals surface area contributed by atoms with Gasteiger partial charge in [-0.15, -0.1) is 0 Å². The molecule has 0 spiro atoms. The van der Waals surface area contributed by atoms with Crippen molar-refractivity contribution in [3.8, 4) is 0 Å². The van der Waals surface area contributed by atoms with Crippen molar-refractivity contribution in [3.63, 3.8) is 0 Å². The first-order valence-electron chi connectivity index (χ1n) is 9.76. The molecular weight excluding hydrogens is 325 g/mol. The van der Waals surface area contributed by atoms with Crippen LogP contribution in [0.15, 0.2) is 24.3 Å².